The third-order valence-electron chi connectivity index (χ3n) is 5.04. The van der Waals surface area contributed by atoms with Gasteiger partial charge in [0.1, 0.15) is 6.04 Å². The highest BCUT2D eigenvalue weighted by atomic mass is 16.2. The molecule has 0 unspecified atom stereocenters. The van der Waals surface area contributed by atoms with E-state index < -0.39 is 6.04 Å². The van der Waals surface area contributed by atoms with Crippen molar-refractivity contribution < 1.29 is 14.4 Å². The number of carbonyl (C=O) groups excluding carboxylic acids is 3. The number of benzene rings is 2. The first-order valence-electron chi connectivity index (χ1n) is 9.24. The predicted octanol–water partition coefficient (Wildman–Crippen LogP) is 2.86. The minimum Gasteiger partial charge on any atom is -0.351 e. The molecule has 0 spiro atoms. The SMILES string of the molecule is C[C@H](NC(=O)[C@H](C)N1C(=O)CCC1=O)C(c1ccccc1)c1ccccc1. The topological polar surface area (TPSA) is 66.5 Å². The Hall–Kier alpha value is -2.95. The number of carbonyl (C=O) groups is 3. The maximum atomic E-state index is 12.7. The Morgan fingerprint density at radius 1 is 0.852 bits per heavy atom. The van der Waals surface area contributed by atoms with E-state index in [1.54, 1.807) is 6.92 Å². The molecule has 27 heavy (non-hydrogen) atoms. The molecule has 0 aliphatic carbocycles. The van der Waals surface area contributed by atoms with E-state index in [0.29, 0.717) is 0 Å². The van der Waals surface area contributed by atoms with E-state index in [2.05, 4.69) is 5.32 Å². The highest BCUT2D eigenvalue weighted by Gasteiger charge is 2.37. The number of rotatable bonds is 6. The first kappa shape index (κ1) is 18.8. The van der Waals surface area contributed by atoms with Gasteiger partial charge in [0.2, 0.25) is 17.7 Å². The van der Waals surface area contributed by atoms with E-state index >= 15 is 0 Å². The lowest BCUT2D eigenvalue weighted by molar-refractivity contribution is -0.146. The number of hydrogen-bond donors (Lipinski definition) is 1. The molecule has 1 N–H and O–H groups in total. The molecule has 3 rings (SSSR count). The molecule has 1 heterocycles. The molecule has 0 aromatic heterocycles. The summed E-state index contributed by atoms with van der Waals surface area (Å²) in [5.74, 6) is -0.910. The van der Waals surface area contributed by atoms with Crippen molar-refractivity contribution in [2.45, 2.75) is 44.7 Å². The Bertz CT molecular complexity index is 764. The van der Waals surface area contributed by atoms with Crippen LogP contribution in [0, 0.1) is 0 Å². The van der Waals surface area contributed by atoms with Gasteiger partial charge in [-0.05, 0) is 25.0 Å². The standard InChI is InChI=1S/C22H24N2O3/c1-15(23-22(27)16(2)24-19(25)13-14-20(24)26)21(17-9-5-3-6-10-17)18-11-7-4-8-12-18/h3-12,15-16,21H,13-14H2,1-2H3,(H,23,27)/t15-,16-/m0/s1. The lowest BCUT2D eigenvalue weighted by Crippen LogP contribution is -2.50. The zero-order chi connectivity index (χ0) is 19.4. The summed E-state index contributed by atoms with van der Waals surface area (Å²) in [5, 5.41) is 3.01. The lowest BCUT2D eigenvalue weighted by Gasteiger charge is -2.29. The molecule has 2 atom stereocenters. The van der Waals surface area contributed by atoms with Gasteiger partial charge in [0.25, 0.3) is 0 Å². The summed E-state index contributed by atoms with van der Waals surface area (Å²) in [6.45, 7) is 3.55. The zero-order valence-corrected chi connectivity index (χ0v) is 15.6. The summed E-state index contributed by atoms with van der Waals surface area (Å²) in [5.41, 5.74) is 2.19. The number of likely N-dealkylation sites (tertiary alicyclic amines) is 1. The van der Waals surface area contributed by atoms with Crippen LogP contribution in [0.15, 0.2) is 60.7 Å². The van der Waals surface area contributed by atoms with Crippen LogP contribution in [0.3, 0.4) is 0 Å². The van der Waals surface area contributed by atoms with Crippen molar-refractivity contribution in [2.75, 3.05) is 0 Å². The molecule has 0 bridgehead atoms. The Balaban J connectivity index is 1.80. The molecule has 5 heteroatoms. The van der Waals surface area contributed by atoms with Crippen LogP contribution in [-0.4, -0.2) is 34.7 Å². The van der Waals surface area contributed by atoms with Gasteiger partial charge in [-0.25, -0.2) is 0 Å². The van der Waals surface area contributed by atoms with Crippen molar-refractivity contribution in [3.8, 4) is 0 Å². The number of nitrogens with zero attached hydrogens (tertiary/aromatic N) is 1. The second-order valence-corrected chi connectivity index (χ2v) is 6.93. The minimum atomic E-state index is -0.804. The van der Waals surface area contributed by atoms with Gasteiger partial charge in [-0.3, -0.25) is 19.3 Å². The summed E-state index contributed by atoms with van der Waals surface area (Å²) in [6.07, 6.45) is 0.366. The average Bonchev–Trinajstić information content (AvgIpc) is 3.01. The van der Waals surface area contributed by atoms with Crippen LogP contribution in [0.1, 0.15) is 43.7 Å². The molecule has 0 saturated carbocycles. The van der Waals surface area contributed by atoms with Gasteiger partial charge in [-0.1, -0.05) is 60.7 Å². The van der Waals surface area contributed by atoms with E-state index in [0.717, 1.165) is 16.0 Å². The van der Waals surface area contributed by atoms with Gasteiger partial charge >= 0.3 is 0 Å². The molecule has 1 fully saturated rings. The monoisotopic (exact) mass is 364 g/mol. The van der Waals surface area contributed by atoms with E-state index in [9.17, 15) is 14.4 Å². The molecule has 1 saturated heterocycles. The van der Waals surface area contributed by atoms with Crippen LogP contribution in [0.25, 0.3) is 0 Å². The first-order valence-corrected chi connectivity index (χ1v) is 9.24. The minimum absolute atomic E-state index is 0.0338. The van der Waals surface area contributed by atoms with Crippen LogP contribution in [0.2, 0.25) is 0 Å². The summed E-state index contributed by atoms with van der Waals surface area (Å²) in [4.78, 5) is 37.7. The van der Waals surface area contributed by atoms with Crippen molar-refractivity contribution >= 4 is 17.7 Å². The number of imide groups is 1. The van der Waals surface area contributed by atoms with Crippen molar-refractivity contribution in [3.63, 3.8) is 0 Å². The maximum Gasteiger partial charge on any atom is 0.243 e. The van der Waals surface area contributed by atoms with Crippen LogP contribution >= 0.6 is 0 Å². The Kier molecular flexibility index (Phi) is 5.69. The lowest BCUT2D eigenvalue weighted by atomic mass is 9.85. The molecule has 0 radical (unpaired) electrons. The summed E-state index contributed by atoms with van der Waals surface area (Å²) >= 11 is 0. The highest BCUT2D eigenvalue weighted by Crippen LogP contribution is 2.28. The molecule has 3 amide bonds. The van der Waals surface area contributed by atoms with Gasteiger partial charge in [0.05, 0.1) is 0 Å². The number of nitrogens with one attached hydrogen (secondary N) is 1. The van der Waals surface area contributed by atoms with Gasteiger partial charge in [0, 0.05) is 24.8 Å². The van der Waals surface area contributed by atoms with Gasteiger partial charge in [-0.2, -0.15) is 0 Å². The van der Waals surface area contributed by atoms with Crippen LogP contribution < -0.4 is 5.32 Å². The zero-order valence-electron chi connectivity index (χ0n) is 15.6. The largest absolute Gasteiger partial charge is 0.351 e. The van der Waals surface area contributed by atoms with Gasteiger partial charge in [-0.15, -0.1) is 0 Å². The molecule has 140 valence electrons. The van der Waals surface area contributed by atoms with E-state index in [4.69, 9.17) is 0 Å². The molecular weight excluding hydrogens is 340 g/mol. The van der Waals surface area contributed by atoms with E-state index in [1.807, 2.05) is 67.6 Å². The fourth-order valence-corrected chi connectivity index (χ4v) is 3.66. The summed E-state index contributed by atoms with van der Waals surface area (Å²) in [6, 6.07) is 19.0. The predicted molar refractivity (Wildman–Crippen MR) is 103 cm³/mol. The quantitative estimate of drug-likeness (QED) is 0.802. The molecular formula is C22H24N2O3. The average molecular weight is 364 g/mol. The van der Waals surface area contributed by atoms with Crippen molar-refractivity contribution in [1.29, 1.82) is 0 Å². The molecule has 2 aromatic carbocycles. The highest BCUT2D eigenvalue weighted by molar-refractivity contribution is 6.05. The number of hydrogen-bond acceptors (Lipinski definition) is 3. The van der Waals surface area contributed by atoms with E-state index in [1.165, 1.54) is 0 Å². The third kappa shape index (κ3) is 4.08. The van der Waals surface area contributed by atoms with Crippen LogP contribution in [0.4, 0.5) is 0 Å². The molecule has 1 aliphatic heterocycles. The fraction of sp³-hybridized carbons (Fsp3) is 0.318. The van der Waals surface area contributed by atoms with Crippen molar-refractivity contribution in [1.82, 2.24) is 10.2 Å². The smallest absolute Gasteiger partial charge is 0.243 e. The maximum absolute atomic E-state index is 12.7. The normalized spacial score (nSPS) is 16.5. The first-order chi connectivity index (χ1) is 13.0. The van der Waals surface area contributed by atoms with E-state index in [-0.39, 0.29) is 42.5 Å². The Morgan fingerprint density at radius 3 is 1.74 bits per heavy atom. The summed E-state index contributed by atoms with van der Waals surface area (Å²) < 4.78 is 0. The fourth-order valence-electron chi connectivity index (χ4n) is 3.66. The Morgan fingerprint density at radius 2 is 1.30 bits per heavy atom. The van der Waals surface area contributed by atoms with Gasteiger partial charge in [0.15, 0.2) is 0 Å². The van der Waals surface area contributed by atoms with Crippen LogP contribution in [-0.2, 0) is 14.4 Å². The number of amides is 3. The second-order valence-electron chi connectivity index (χ2n) is 6.93. The van der Waals surface area contributed by atoms with Crippen LogP contribution in [0.5, 0.6) is 0 Å². The second kappa shape index (κ2) is 8.16. The van der Waals surface area contributed by atoms with Gasteiger partial charge < -0.3 is 5.32 Å². The molecule has 2 aromatic rings. The molecule has 1 aliphatic rings. The summed E-state index contributed by atoms with van der Waals surface area (Å²) in [7, 11) is 0. The Labute approximate surface area is 159 Å². The van der Waals surface area contributed by atoms with Crippen molar-refractivity contribution in [2.24, 2.45) is 0 Å². The van der Waals surface area contributed by atoms with Crippen molar-refractivity contribution in [3.05, 3.63) is 71.8 Å². The molecule has 5 nitrogen and oxygen atoms in total. The third-order valence-corrected chi connectivity index (χ3v) is 5.04.